The first kappa shape index (κ1) is 10.4. The Hall–Kier alpha value is -1.09. The summed E-state index contributed by atoms with van der Waals surface area (Å²) in [5.74, 6) is 0.573. The topological polar surface area (TPSA) is 21.3 Å². The van der Waals surface area contributed by atoms with E-state index in [9.17, 15) is 4.39 Å². The van der Waals surface area contributed by atoms with Crippen LogP contribution in [0.15, 0.2) is 18.2 Å². The summed E-state index contributed by atoms with van der Waals surface area (Å²) >= 11 is 0. The average Bonchev–Trinajstić information content (AvgIpc) is 2.73. The molecule has 1 atom stereocenters. The molecule has 1 aromatic carbocycles. The molecule has 0 radical (unpaired) electrons. The van der Waals surface area contributed by atoms with Crippen LogP contribution in [0.2, 0.25) is 0 Å². The first-order valence-electron chi connectivity index (χ1n) is 5.38. The van der Waals surface area contributed by atoms with Crippen LogP contribution in [-0.2, 0) is 0 Å². The third-order valence-electron chi connectivity index (χ3n) is 2.74. The van der Waals surface area contributed by atoms with Crippen LogP contribution >= 0.6 is 0 Å². The average molecular weight is 209 g/mol. The highest BCUT2D eigenvalue weighted by Gasteiger charge is 2.14. The lowest BCUT2D eigenvalue weighted by atomic mass is 10.2. The number of ether oxygens (including phenoxy) is 1. The molecule has 15 heavy (non-hydrogen) atoms. The van der Waals surface area contributed by atoms with Crippen molar-refractivity contribution < 1.29 is 9.13 Å². The van der Waals surface area contributed by atoms with Crippen molar-refractivity contribution >= 4 is 0 Å². The van der Waals surface area contributed by atoms with Crippen molar-refractivity contribution in [2.75, 3.05) is 13.2 Å². The maximum Gasteiger partial charge on any atom is 0.126 e. The second kappa shape index (κ2) is 4.62. The predicted molar refractivity (Wildman–Crippen MR) is 57.7 cm³/mol. The van der Waals surface area contributed by atoms with Crippen LogP contribution in [0.4, 0.5) is 4.39 Å². The van der Waals surface area contributed by atoms with Crippen LogP contribution in [0, 0.1) is 12.7 Å². The van der Waals surface area contributed by atoms with E-state index in [0.29, 0.717) is 18.2 Å². The Bertz CT molecular complexity index is 334. The second-order valence-corrected chi connectivity index (χ2v) is 4.02. The molecule has 1 aliphatic rings. The zero-order chi connectivity index (χ0) is 10.7. The monoisotopic (exact) mass is 209 g/mol. The van der Waals surface area contributed by atoms with Crippen LogP contribution < -0.4 is 10.1 Å². The lowest BCUT2D eigenvalue weighted by Crippen LogP contribution is -2.28. The van der Waals surface area contributed by atoms with Gasteiger partial charge in [0.05, 0.1) is 0 Å². The largest absolute Gasteiger partial charge is 0.492 e. The summed E-state index contributed by atoms with van der Waals surface area (Å²) in [5, 5.41) is 3.35. The van der Waals surface area contributed by atoms with Crippen molar-refractivity contribution in [2.45, 2.75) is 25.8 Å². The van der Waals surface area contributed by atoms with Gasteiger partial charge < -0.3 is 10.1 Å². The van der Waals surface area contributed by atoms with Crippen LogP contribution in [0.25, 0.3) is 0 Å². The Morgan fingerprint density at radius 2 is 2.40 bits per heavy atom. The maximum atomic E-state index is 13.0. The Balaban J connectivity index is 1.90. The van der Waals surface area contributed by atoms with Gasteiger partial charge in [-0.3, -0.25) is 0 Å². The SMILES string of the molecule is Cc1cc(OC[C@@H]2CCCN2)ccc1F. The number of rotatable bonds is 3. The van der Waals surface area contributed by atoms with E-state index in [0.717, 1.165) is 12.3 Å². The van der Waals surface area contributed by atoms with Crippen molar-refractivity contribution in [3.63, 3.8) is 0 Å². The van der Waals surface area contributed by atoms with Gasteiger partial charge in [-0.1, -0.05) is 0 Å². The van der Waals surface area contributed by atoms with E-state index in [1.165, 1.54) is 18.9 Å². The lowest BCUT2D eigenvalue weighted by molar-refractivity contribution is 0.276. The molecule has 82 valence electrons. The normalized spacial score (nSPS) is 20.5. The van der Waals surface area contributed by atoms with Gasteiger partial charge in [0.25, 0.3) is 0 Å². The molecule has 1 fully saturated rings. The fraction of sp³-hybridized carbons (Fsp3) is 0.500. The van der Waals surface area contributed by atoms with Crippen LogP contribution in [-0.4, -0.2) is 19.2 Å². The van der Waals surface area contributed by atoms with Crippen molar-refractivity contribution in [3.8, 4) is 5.75 Å². The maximum absolute atomic E-state index is 13.0. The summed E-state index contributed by atoms with van der Waals surface area (Å²) in [4.78, 5) is 0. The van der Waals surface area contributed by atoms with Gasteiger partial charge in [-0.05, 0) is 50.1 Å². The molecular formula is C12H16FNO. The van der Waals surface area contributed by atoms with Crippen molar-refractivity contribution in [3.05, 3.63) is 29.6 Å². The van der Waals surface area contributed by atoms with Gasteiger partial charge >= 0.3 is 0 Å². The van der Waals surface area contributed by atoms with Crippen LogP contribution in [0.5, 0.6) is 5.75 Å². The fourth-order valence-corrected chi connectivity index (χ4v) is 1.80. The van der Waals surface area contributed by atoms with Gasteiger partial charge in [0.2, 0.25) is 0 Å². The minimum absolute atomic E-state index is 0.179. The molecule has 0 amide bonds. The summed E-state index contributed by atoms with van der Waals surface area (Å²) < 4.78 is 18.6. The zero-order valence-corrected chi connectivity index (χ0v) is 8.92. The fourth-order valence-electron chi connectivity index (χ4n) is 1.80. The molecule has 0 aromatic heterocycles. The molecule has 0 aliphatic carbocycles. The highest BCUT2D eigenvalue weighted by Crippen LogP contribution is 2.17. The molecule has 1 aromatic rings. The van der Waals surface area contributed by atoms with E-state index in [1.807, 2.05) is 0 Å². The smallest absolute Gasteiger partial charge is 0.126 e. The molecule has 2 rings (SSSR count). The van der Waals surface area contributed by atoms with Gasteiger partial charge in [0, 0.05) is 6.04 Å². The molecule has 0 spiro atoms. The highest BCUT2D eigenvalue weighted by molar-refractivity contribution is 5.28. The van der Waals surface area contributed by atoms with Crippen LogP contribution in [0.1, 0.15) is 18.4 Å². The van der Waals surface area contributed by atoms with Gasteiger partial charge in [0.1, 0.15) is 18.2 Å². The first-order valence-corrected chi connectivity index (χ1v) is 5.38. The number of aryl methyl sites for hydroxylation is 1. The quantitative estimate of drug-likeness (QED) is 0.824. The lowest BCUT2D eigenvalue weighted by Gasteiger charge is -2.12. The molecular weight excluding hydrogens is 193 g/mol. The van der Waals surface area contributed by atoms with Crippen molar-refractivity contribution in [1.82, 2.24) is 5.32 Å². The second-order valence-electron chi connectivity index (χ2n) is 4.02. The Morgan fingerprint density at radius 1 is 1.53 bits per heavy atom. The summed E-state index contributed by atoms with van der Waals surface area (Å²) in [7, 11) is 0. The highest BCUT2D eigenvalue weighted by atomic mass is 19.1. The minimum Gasteiger partial charge on any atom is -0.492 e. The molecule has 0 unspecified atom stereocenters. The van der Waals surface area contributed by atoms with Gasteiger partial charge in [-0.15, -0.1) is 0 Å². The van der Waals surface area contributed by atoms with Gasteiger partial charge in [0.15, 0.2) is 0 Å². The molecule has 1 heterocycles. The molecule has 1 aliphatic heterocycles. The van der Waals surface area contributed by atoms with Crippen molar-refractivity contribution in [2.24, 2.45) is 0 Å². The van der Waals surface area contributed by atoms with E-state index in [1.54, 1.807) is 19.1 Å². The number of hydrogen-bond donors (Lipinski definition) is 1. The predicted octanol–water partition coefficient (Wildman–Crippen LogP) is 2.26. The first-order chi connectivity index (χ1) is 7.25. The molecule has 1 N–H and O–H groups in total. The van der Waals surface area contributed by atoms with E-state index < -0.39 is 0 Å². The summed E-state index contributed by atoms with van der Waals surface area (Å²) in [6.07, 6.45) is 2.39. The van der Waals surface area contributed by atoms with Gasteiger partial charge in [-0.25, -0.2) is 4.39 Å². The van der Waals surface area contributed by atoms with E-state index in [-0.39, 0.29) is 5.82 Å². The standard InChI is InChI=1S/C12H16FNO/c1-9-7-11(4-5-12(9)13)15-8-10-3-2-6-14-10/h4-5,7,10,14H,2-3,6,8H2,1H3/t10-/m0/s1. The summed E-state index contributed by atoms with van der Waals surface area (Å²) in [6.45, 7) is 3.50. The molecule has 0 saturated carbocycles. The number of hydrogen-bond acceptors (Lipinski definition) is 2. The molecule has 2 nitrogen and oxygen atoms in total. The molecule has 0 bridgehead atoms. The molecule has 1 saturated heterocycles. The summed E-state index contributed by atoms with van der Waals surface area (Å²) in [6, 6.07) is 5.32. The Labute approximate surface area is 89.4 Å². The minimum atomic E-state index is -0.179. The number of nitrogens with one attached hydrogen (secondary N) is 1. The molecule has 3 heteroatoms. The number of halogens is 1. The van der Waals surface area contributed by atoms with E-state index in [4.69, 9.17) is 4.74 Å². The van der Waals surface area contributed by atoms with E-state index in [2.05, 4.69) is 5.32 Å². The third-order valence-corrected chi connectivity index (χ3v) is 2.74. The summed E-state index contributed by atoms with van der Waals surface area (Å²) in [5.41, 5.74) is 0.631. The van der Waals surface area contributed by atoms with E-state index >= 15 is 0 Å². The number of benzene rings is 1. The Morgan fingerprint density at radius 3 is 3.07 bits per heavy atom. The zero-order valence-electron chi connectivity index (χ0n) is 8.92. The Kier molecular flexibility index (Phi) is 3.21. The van der Waals surface area contributed by atoms with Gasteiger partial charge in [-0.2, -0.15) is 0 Å². The third kappa shape index (κ3) is 2.69. The van der Waals surface area contributed by atoms with Crippen LogP contribution in [0.3, 0.4) is 0 Å². The van der Waals surface area contributed by atoms with Crippen molar-refractivity contribution in [1.29, 1.82) is 0 Å².